The first-order valence-corrected chi connectivity index (χ1v) is 6.18. The third-order valence-electron chi connectivity index (χ3n) is 2.76. The first kappa shape index (κ1) is 6.41. The van der Waals surface area contributed by atoms with Crippen molar-refractivity contribution in [2.24, 2.45) is 0 Å². The van der Waals surface area contributed by atoms with Gasteiger partial charge in [-0.3, -0.25) is 0 Å². The van der Waals surface area contributed by atoms with E-state index in [1.54, 1.807) is 0 Å². The molecule has 10 heavy (non-hydrogen) atoms. The van der Waals surface area contributed by atoms with Crippen LogP contribution in [0.15, 0.2) is 23.6 Å². The molecule has 0 N–H and O–H groups in total. The highest BCUT2D eigenvalue weighted by molar-refractivity contribution is 7.02. The summed E-state index contributed by atoms with van der Waals surface area (Å²) in [5.41, 5.74) is 5.86. The summed E-state index contributed by atoms with van der Waals surface area (Å²) in [5.74, 6) is 0. The van der Waals surface area contributed by atoms with Gasteiger partial charge in [0.05, 0.1) is 0 Å². The lowest BCUT2D eigenvalue weighted by molar-refractivity contribution is 0.733. The predicted molar refractivity (Wildman–Crippen MR) is 47.5 cm³/mol. The van der Waals surface area contributed by atoms with E-state index in [1.165, 1.54) is 0 Å². The smallest absolute Gasteiger partial charge is 0.0968 e. The van der Waals surface area contributed by atoms with Gasteiger partial charge in [0.15, 0.2) is 0 Å². The second-order valence-corrected chi connectivity index (χ2v) is 9.13. The quantitative estimate of drug-likeness (QED) is 0.398. The molecule has 0 nitrogen and oxygen atoms in total. The molecule has 1 heteroatoms. The average Bonchev–Trinajstić information content (AvgIpc) is 2.56. The zero-order chi connectivity index (χ0) is 7.41. The normalized spacial score (nSPS) is 27.1. The Morgan fingerprint density at radius 1 is 1.10 bits per heavy atom. The van der Waals surface area contributed by atoms with E-state index >= 15 is 0 Å². The van der Waals surface area contributed by atoms with Crippen LogP contribution in [0.25, 0.3) is 0 Å². The Bertz CT molecular complexity index is 205. The Kier molecular flexibility index (Phi) is 0.945. The van der Waals surface area contributed by atoms with Crippen molar-refractivity contribution >= 4 is 8.07 Å². The zero-order valence-electron chi connectivity index (χ0n) is 6.89. The van der Waals surface area contributed by atoms with Crippen LogP contribution in [-0.4, -0.2) is 8.07 Å². The maximum Gasteiger partial charge on any atom is 0.116 e. The van der Waals surface area contributed by atoms with Gasteiger partial charge >= 0.3 is 0 Å². The van der Waals surface area contributed by atoms with E-state index in [0.29, 0.717) is 5.04 Å². The largest absolute Gasteiger partial charge is 0.116 e. The van der Waals surface area contributed by atoms with Crippen molar-refractivity contribution in [3.63, 3.8) is 0 Å². The monoisotopic (exact) mass is 150 g/mol. The summed E-state index contributed by atoms with van der Waals surface area (Å²) in [5, 5.41) is 0.557. The van der Waals surface area contributed by atoms with Gasteiger partial charge in [-0.25, -0.2) is 0 Å². The van der Waals surface area contributed by atoms with E-state index in [4.69, 9.17) is 0 Å². The number of allylic oxidation sites excluding steroid dienone is 2. The molecule has 0 spiro atoms. The lowest BCUT2D eigenvalue weighted by Crippen LogP contribution is -2.31. The zero-order valence-corrected chi connectivity index (χ0v) is 7.89. The van der Waals surface area contributed by atoms with Crippen molar-refractivity contribution in [3.05, 3.63) is 23.6 Å². The Morgan fingerprint density at radius 3 is 1.70 bits per heavy atom. The maximum absolute atomic E-state index is 2.48. The third-order valence-corrected chi connectivity index (χ3v) is 7.90. The van der Waals surface area contributed by atoms with Crippen LogP contribution in [0, 0.1) is 0 Å². The Labute approximate surface area is 63.6 Å². The number of hydrogen-bond acceptors (Lipinski definition) is 0. The molecule has 0 bridgehead atoms. The minimum Gasteiger partial charge on any atom is -0.0968 e. The Morgan fingerprint density at radius 2 is 1.60 bits per heavy atom. The maximum atomic E-state index is 2.48. The second-order valence-electron chi connectivity index (χ2n) is 4.43. The first-order valence-electron chi connectivity index (χ1n) is 3.95. The molecule has 0 saturated carbocycles. The fraction of sp³-hybridized carbons (Fsp3) is 0.556. The molecule has 0 aromatic rings. The van der Waals surface area contributed by atoms with Gasteiger partial charge in [0.25, 0.3) is 0 Å². The molecule has 2 aliphatic rings. The number of hydrogen-bond donors (Lipinski definition) is 0. The fourth-order valence-corrected chi connectivity index (χ4v) is 5.60. The molecule has 1 aliphatic heterocycles. The topological polar surface area (TPSA) is 0 Å². The van der Waals surface area contributed by atoms with Gasteiger partial charge in [-0.1, -0.05) is 44.3 Å². The Hall–Kier alpha value is -0.303. The molecule has 0 aromatic carbocycles. The van der Waals surface area contributed by atoms with E-state index in [9.17, 15) is 0 Å². The van der Waals surface area contributed by atoms with E-state index in [-0.39, 0.29) is 0 Å². The molecule has 0 aromatic heterocycles. The predicted octanol–water partition coefficient (Wildman–Crippen LogP) is 2.82. The summed E-state index contributed by atoms with van der Waals surface area (Å²) in [6.45, 7) is 7.12. The van der Waals surface area contributed by atoms with Crippen molar-refractivity contribution in [3.8, 4) is 0 Å². The summed E-state index contributed by atoms with van der Waals surface area (Å²) < 4.78 is 0. The van der Waals surface area contributed by atoms with Crippen LogP contribution in [0.4, 0.5) is 0 Å². The van der Waals surface area contributed by atoms with Crippen LogP contribution in [0.3, 0.4) is 0 Å². The standard InChI is InChI=1S/C9H14Si/c1-9(2,3)10(6-7-10)8-4-5-8/h4-8H,1-3H3. The van der Waals surface area contributed by atoms with Gasteiger partial charge in [-0.05, 0) is 10.6 Å². The van der Waals surface area contributed by atoms with Crippen molar-refractivity contribution < 1.29 is 0 Å². The van der Waals surface area contributed by atoms with Crippen LogP contribution >= 0.6 is 0 Å². The highest BCUT2D eigenvalue weighted by Gasteiger charge is 2.54. The lowest BCUT2D eigenvalue weighted by atomic mass is 10.2. The molecule has 0 fully saturated rings. The van der Waals surface area contributed by atoms with E-state index < -0.39 is 8.07 Å². The summed E-state index contributed by atoms with van der Waals surface area (Å²) in [6, 6.07) is 0. The molecule has 0 amide bonds. The van der Waals surface area contributed by atoms with E-state index in [0.717, 1.165) is 5.54 Å². The molecule has 2 rings (SSSR count). The van der Waals surface area contributed by atoms with Gasteiger partial charge in [0.2, 0.25) is 0 Å². The highest BCUT2D eigenvalue weighted by Crippen LogP contribution is 2.57. The molecular weight excluding hydrogens is 136 g/mol. The minimum absolute atomic E-state index is 0.557. The first-order chi connectivity index (χ1) is 4.56. The highest BCUT2D eigenvalue weighted by atomic mass is 28.3. The van der Waals surface area contributed by atoms with Crippen molar-refractivity contribution in [2.45, 2.75) is 31.4 Å². The molecule has 1 aliphatic carbocycles. The SMILES string of the molecule is CC(C)(C)[Si]1(C2C=C2)C=C1. The summed E-state index contributed by atoms with van der Waals surface area (Å²) in [7, 11) is -0.982. The fourth-order valence-electron chi connectivity index (χ4n) is 1.69. The lowest BCUT2D eigenvalue weighted by Gasteiger charge is -2.29. The van der Waals surface area contributed by atoms with Crippen LogP contribution < -0.4 is 0 Å². The van der Waals surface area contributed by atoms with Gasteiger partial charge in [-0.15, -0.1) is 0 Å². The minimum atomic E-state index is -0.982. The van der Waals surface area contributed by atoms with Gasteiger partial charge in [0, 0.05) is 0 Å². The second kappa shape index (κ2) is 1.47. The van der Waals surface area contributed by atoms with Crippen LogP contribution in [0.2, 0.25) is 10.6 Å². The van der Waals surface area contributed by atoms with Crippen molar-refractivity contribution in [2.75, 3.05) is 0 Å². The van der Waals surface area contributed by atoms with Gasteiger partial charge in [0.1, 0.15) is 8.07 Å². The molecule has 54 valence electrons. The summed E-state index contributed by atoms with van der Waals surface area (Å²) in [6.07, 6.45) is 4.72. The third kappa shape index (κ3) is 0.670. The molecular formula is C9H14Si. The van der Waals surface area contributed by atoms with Crippen molar-refractivity contribution in [1.29, 1.82) is 0 Å². The summed E-state index contributed by atoms with van der Waals surface area (Å²) >= 11 is 0. The van der Waals surface area contributed by atoms with Crippen LogP contribution in [0.5, 0.6) is 0 Å². The van der Waals surface area contributed by atoms with Gasteiger partial charge in [-0.2, -0.15) is 0 Å². The van der Waals surface area contributed by atoms with Crippen molar-refractivity contribution in [1.82, 2.24) is 0 Å². The average molecular weight is 150 g/mol. The molecule has 0 atom stereocenters. The van der Waals surface area contributed by atoms with Crippen LogP contribution in [-0.2, 0) is 0 Å². The van der Waals surface area contributed by atoms with E-state index in [1.807, 2.05) is 0 Å². The van der Waals surface area contributed by atoms with Gasteiger partial charge < -0.3 is 0 Å². The Balaban J connectivity index is 2.15. The number of rotatable bonds is 1. The molecule has 0 saturated heterocycles. The van der Waals surface area contributed by atoms with Crippen LogP contribution in [0.1, 0.15) is 20.8 Å². The molecule has 1 heterocycles. The van der Waals surface area contributed by atoms with E-state index in [2.05, 4.69) is 44.3 Å². The molecule has 0 unspecified atom stereocenters. The summed E-state index contributed by atoms with van der Waals surface area (Å²) in [4.78, 5) is 0. The molecule has 0 radical (unpaired) electrons.